The quantitative estimate of drug-likeness (QED) is 0.707. The molecule has 2 aliphatic carbocycles. The van der Waals surface area contributed by atoms with Gasteiger partial charge in [-0.3, -0.25) is 0 Å². The average Bonchev–Trinajstić information content (AvgIpc) is 2.47. The molecule has 0 aromatic rings. The lowest BCUT2D eigenvalue weighted by Gasteiger charge is -2.38. The summed E-state index contributed by atoms with van der Waals surface area (Å²) >= 11 is 0. The van der Waals surface area contributed by atoms with Gasteiger partial charge in [0.25, 0.3) is 0 Å². The standard InChI is InChI=1S/C15H21N/c1-11(2)6-7-13-12(3)15(8-5-9-15)10-14(13)16-4/h6-7,10,16H,1,5,8-9H2,2-4H3/b7-6-. The summed E-state index contributed by atoms with van der Waals surface area (Å²) in [5.41, 5.74) is 5.67. The minimum absolute atomic E-state index is 0.382. The van der Waals surface area contributed by atoms with Crippen molar-refractivity contribution in [2.45, 2.75) is 33.1 Å². The number of hydrogen-bond acceptors (Lipinski definition) is 1. The normalized spacial score (nSPS) is 22.6. The largest absolute Gasteiger partial charge is 0.388 e. The predicted octanol–water partition coefficient (Wildman–Crippen LogP) is 3.72. The highest BCUT2D eigenvalue weighted by Crippen LogP contribution is 2.54. The molecule has 1 spiro atoms. The molecule has 0 saturated heterocycles. The zero-order valence-electron chi connectivity index (χ0n) is 10.6. The predicted molar refractivity (Wildman–Crippen MR) is 70.1 cm³/mol. The van der Waals surface area contributed by atoms with Crippen molar-refractivity contribution in [1.82, 2.24) is 5.32 Å². The first-order chi connectivity index (χ1) is 7.59. The van der Waals surface area contributed by atoms with Crippen LogP contribution in [0.2, 0.25) is 0 Å². The Morgan fingerprint density at radius 1 is 1.50 bits per heavy atom. The minimum atomic E-state index is 0.382. The van der Waals surface area contributed by atoms with Gasteiger partial charge in [-0.2, -0.15) is 0 Å². The molecule has 1 nitrogen and oxygen atoms in total. The van der Waals surface area contributed by atoms with Gasteiger partial charge in [-0.05, 0) is 32.3 Å². The maximum absolute atomic E-state index is 3.91. The molecule has 0 atom stereocenters. The monoisotopic (exact) mass is 215 g/mol. The summed E-state index contributed by atoms with van der Waals surface area (Å²) in [4.78, 5) is 0. The molecule has 1 heteroatoms. The molecule has 1 fully saturated rings. The summed E-state index contributed by atoms with van der Waals surface area (Å²) in [6, 6.07) is 0. The molecular formula is C15H21N. The van der Waals surface area contributed by atoms with Crippen LogP contribution in [0.5, 0.6) is 0 Å². The van der Waals surface area contributed by atoms with Crippen LogP contribution in [0.4, 0.5) is 0 Å². The van der Waals surface area contributed by atoms with Gasteiger partial charge >= 0.3 is 0 Å². The van der Waals surface area contributed by atoms with Crippen LogP contribution in [-0.4, -0.2) is 7.05 Å². The maximum atomic E-state index is 3.91. The number of nitrogens with one attached hydrogen (secondary N) is 1. The molecule has 2 aliphatic rings. The third-order valence-corrected chi connectivity index (χ3v) is 3.91. The molecule has 0 radical (unpaired) electrons. The summed E-state index contributed by atoms with van der Waals surface area (Å²) in [5.74, 6) is 0. The lowest BCUT2D eigenvalue weighted by Crippen LogP contribution is -2.26. The van der Waals surface area contributed by atoms with Gasteiger partial charge in [-0.25, -0.2) is 0 Å². The van der Waals surface area contributed by atoms with E-state index in [4.69, 9.17) is 0 Å². The van der Waals surface area contributed by atoms with Crippen LogP contribution >= 0.6 is 0 Å². The number of hydrogen-bond donors (Lipinski definition) is 1. The van der Waals surface area contributed by atoms with Crippen molar-refractivity contribution < 1.29 is 0 Å². The molecule has 0 heterocycles. The summed E-state index contributed by atoms with van der Waals surface area (Å²) in [7, 11) is 2.01. The number of allylic oxidation sites excluding steroid dienone is 5. The van der Waals surface area contributed by atoms with E-state index in [1.54, 1.807) is 0 Å². The van der Waals surface area contributed by atoms with Gasteiger partial charge in [0.1, 0.15) is 0 Å². The average molecular weight is 215 g/mol. The summed E-state index contributed by atoms with van der Waals surface area (Å²) in [6.07, 6.45) is 10.7. The molecule has 0 bridgehead atoms. The van der Waals surface area contributed by atoms with Gasteiger partial charge in [0.05, 0.1) is 0 Å². The second-order valence-electron chi connectivity index (χ2n) is 5.04. The Bertz CT molecular complexity index is 403. The van der Waals surface area contributed by atoms with Crippen LogP contribution in [0.1, 0.15) is 33.1 Å². The van der Waals surface area contributed by atoms with E-state index in [2.05, 4.69) is 37.0 Å². The van der Waals surface area contributed by atoms with Crippen molar-refractivity contribution in [1.29, 1.82) is 0 Å². The molecule has 1 N–H and O–H groups in total. The Hall–Kier alpha value is -1.24. The van der Waals surface area contributed by atoms with E-state index < -0.39 is 0 Å². The molecule has 0 aliphatic heterocycles. The van der Waals surface area contributed by atoms with Gasteiger partial charge in [-0.1, -0.05) is 42.4 Å². The topological polar surface area (TPSA) is 12.0 Å². The van der Waals surface area contributed by atoms with E-state index in [0.29, 0.717) is 5.41 Å². The van der Waals surface area contributed by atoms with Crippen LogP contribution in [-0.2, 0) is 0 Å². The number of rotatable bonds is 3. The Labute approximate surface area is 98.6 Å². The molecular weight excluding hydrogens is 194 g/mol. The van der Waals surface area contributed by atoms with E-state index in [1.807, 2.05) is 14.0 Å². The SMILES string of the molecule is C=C(C)/C=C\C1=C(C)C2(C=C1NC)CCC2. The maximum Gasteiger partial charge on any atom is 0.0379 e. The molecule has 0 aromatic carbocycles. The first-order valence-electron chi connectivity index (χ1n) is 6.05. The number of likely N-dealkylation sites (N-methyl/N-ethyl adjacent to an activating group) is 1. The molecule has 16 heavy (non-hydrogen) atoms. The van der Waals surface area contributed by atoms with Crippen LogP contribution < -0.4 is 5.32 Å². The third kappa shape index (κ3) is 1.64. The summed E-state index contributed by atoms with van der Waals surface area (Å²) in [6.45, 7) is 8.22. The highest BCUT2D eigenvalue weighted by atomic mass is 14.8. The van der Waals surface area contributed by atoms with E-state index >= 15 is 0 Å². The van der Waals surface area contributed by atoms with Gasteiger partial charge in [0, 0.05) is 18.2 Å². The lowest BCUT2D eigenvalue weighted by atomic mass is 9.66. The Morgan fingerprint density at radius 3 is 2.62 bits per heavy atom. The van der Waals surface area contributed by atoms with Crippen LogP contribution in [0.25, 0.3) is 0 Å². The van der Waals surface area contributed by atoms with E-state index in [9.17, 15) is 0 Å². The van der Waals surface area contributed by atoms with Crippen molar-refractivity contribution in [3.63, 3.8) is 0 Å². The van der Waals surface area contributed by atoms with Crippen LogP contribution in [0.3, 0.4) is 0 Å². The highest BCUT2D eigenvalue weighted by molar-refractivity contribution is 5.54. The zero-order chi connectivity index (χ0) is 11.8. The van der Waals surface area contributed by atoms with Gasteiger partial charge in [0.15, 0.2) is 0 Å². The second-order valence-corrected chi connectivity index (χ2v) is 5.04. The van der Waals surface area contributed by atoms with Crippen molar-refractivity contribution in [2.24, 2.45) is 5.41 Å². The molecule has 0 aromatic heterocycles. The van der Waals surface area contributed by atoms with Crippen molar-refractivity contribution in [2.75, 3.05) is 7.05 Å². The van der Waals surface area contributed by atoms with Crippen molar-refractivity contribution in [3.8, 4) is 0 Å². The minimum Gasteiger partial charge on any atom is -0.388 e. The van der Waals surface area contributed by atoms with Gasteiger partial charge in [-0.15, -0.1) is 0 Å². The molecule has 1 saturated carbocycles. The van der Waals surface area contributed by atoms with Crippen molar-refractivity contribution >= 4 is 0 Å². The summed E-state index contributed by atoms with van der Waals surface area (Å²) < 4.78 is 0. The molecule has 86 valence electrons. The van der Waals surface area contributed by atoms with Crippen molar-refractivity contribution in [3.05, 3.63) is 47.2 Å². The second kappa shape index (κ2) is 3.97. The molecule has 2 rings (SSSR count). The van der Waals surface area contributed by atoms with Gasteiger partial charge < -0.3 is 5.32 Å². The Morgan fingerprint density at radius 2 is 2.19 bits per heavy atom. The fraction of sp³-hybridized carbons (Fsp3) is 0.467. The molecule has 0 unspecified atom stereocenters. The van der Waals surface area contributed by atoms with E-state index in [-0.39, 0.29) is 0 Å². The third-order valence-electron chi connectivity index (χ3n) is 3.91. The van der Waals surface area contributed by atoms with Crippen LogP contribution in [0, 0.1) is 5.41 Å². The van der Waals surface area contributed by atoms with E-state index in [0.717, 1.165) is 5.57 Å². The lowest BCUT2D eigenvalue weighted by molar-refractivity contribution is 0.261. The van der Waals surface area contributed by atoms with Gasteiger partial charge in [0.2, 0.25) is 0 Å². The fourth-order valence-electron chi connectivity index (χ4n) is 2.66. The van der Waals surface area contributed by atoms with E-state index in [1.165, 1.54) is 36.1 Å². The smallest absolute Gasteiger partial charge is 0.0379 e. The molecule has 0 amide bonds. The highest BCUT2D eigenvalue weighted by Gasteiger charge is 2.41. The first-order valence-corrected chi connectivity index (χ1v) is 6.05. The Kier molecular flexibility index (Phi) is 2.79. The fourth-order valence-corrected chi connectivity index (χ4v) is 2.66. The Balaban J connectivity index is 2.33. The summed E-state index contributed by atoms with van der Waals surface area (Å²) in [5, 5.41) is 3.31. The first kappa shape index (κ1) is 11.3. The van der Waals surface area contributed by atoms with Crippen LogP contribution in [0.15, 0.2) is 47.2 Å². The zero-order valence-corrected chi connectivity index (χ0v) is 10.6.